The largest absolute Gasteiger partial charge is 0.484 e. The van der Waals surface area contributed by atoms with E-state index in [1.54, 1.807) is 12.3 Å². The molecule has 0 atom stereocenters. The smallest absolute Gasteiger partial charge is 0.165 e. The maximum atomic E-state index is 13.6. The number of hydrogen-bond donors (Lipinski definition) is 0. The Bertz CT molecular complexity index is 531. The van der Waals surface area contributed by atoms with Gasteiger partial charge in [0.25, 0.3) is 0 Å². The van der Waals surface area contributed by atoms with E-state index < -0.39 is 0 Å². The fourth-order valence-corrected chi connectivity index (χ4v) is 2.13. The lowest BCUT2D eigenvalue weighted by Gasteiger charge is -2.10. The molecule has 1 heterocycles. The molecule has 0 saturated carbocycles. The number of alkyl halides is 1. The van der Waals surface area contributed by atoms with Gasteiger partial charge in [0.05, 0.1) is 5.69 Å². The maximum absolute atomic E-state index is 13.6. The normalized spacial score (nSPS) is 10.4. The van der Waals surface area contributed by atoms with Gasteiger partial charge in [-0.05, 0) is 34.1 Å². The first-order chi connectivity index (χ1) is 8.70. The summed E-state index contributed by atoms with van der Waals surface area (Å²) in [7, 11) is 0. The van der Waals surface area contributed by atoms with Crippen LogP contribution in [0.5, 0.6) is 5.75 Å². The molecule has 2 nitrogen and oxygen atoms in total. The Kier molecular flexibility index (Phi) is 4.72. The molecule has 0 aliphatic heterocycles. The van der Waals surface area contributed by atoms with Gasteiger partial charge in [-0.3, -0.25) is 4.98 Å². The van der Waals surface area contributed by atoms with Crippen LogP contribution < -0.4 is 4.74 Å². The highest BCUT2D eigenvalue weighted by molar-refractivity contribution is 9.10. The van der Waals surface area contributed by atoms with Crippen molar-refractivity contribution >= 4 is 31.9 Å². The average Bonchev–Trinajstić information content (AvgIpc) is 2.39. The number of ether oxygens (including phenoxy) is 1. The highest BCUT2D eigenvalue weighted by Gasteiger charge is 2.09. The maximum Gasteiger partial charge on any atom is 0.165 e. The monoisotopic (exact) mass is 373 g/mol. The molecule has 0 aliphatic rings. The number of aromatic nitrogens is 1. The van der Waals surface area contributed by atoms with Crippen LogP contribution in [-0.4, -0.2) is 4.98 Å². The summed E-state index contributed by atoms with van der Waals surface area (Å²) in [5.74, 6) is -0.0804. The van der Waals surface area contributed by atoms with Gasteiger partial charge >= 0.3 is 0 Å². The van der Waals surface area contributed by atoms with Crippen molar-refractivity contribution in [2.75, 3.05) is 0 Å². The fourth-order valence-electron chi connectivity index (χ4n) is 1.46. The number of nitrogens with zero attached hydrogens (tertiary/aromatic N) is 1. The van der Waals surface area contributed by atoms with Crippen molar-refractivity contribution in [2.45, 2.75) is 11.9 Å². The van der Waals surface area contributed by atoms with Crippen LogP contribution in [0.1, 0.15) is 11.3 Å². The highest BCUT2D eigenvalue weighted by Crippen LogP contribution is 2.25. The van der Waals surface area contributed by atoms with E-state index in [1.165, 1.54) is 6.07 Å². The third-order valence-electron chi connectivity index (χ3n) is 2.35. The standard InChI is InChI=1S/C13H10Br2FNO/c14-6-9-2-1-3-12(16)13(9)18-8-11-5-4-10(15)7-17-11/h1-5,7H,6,8H2. The quantitative estimate of drug-likeness (QED) is 0.737. The summed E-state index contributed by atoms with van der Waals surface area (Å²) in [6, 6.07) is 8.58. The van der Waals surface area contributed by atoms with Gasteiger partial charge in [-0.2, -0.15) is 0 Å². The van der Waals surface area contributed by atoms with Gasteiger partial charge in [-0.1, -0.05) is 28.1 Å². The van der Waals surface area contributed by atoms with Crippen LogP contribution in [0.4, 0.5) is 4.39 Å². The van der Waals surface area contributed by atoms with Crippen molar-refractivity contribution in [1.29, 1.82) is 0 Å². The first-order valence-corrected chi connectivity index (χ1v) is 7.18. The molecule has 0 fully saturated rings. The third kappa shape index (κ3) is 3.29. The van der Waals surface area contributed by atoms with E-state index in [9.17, 15) is 4.39 Å². The second-order valence-electron chi connectivity index (χ2n) is 3.62. The Morgan fingerprint density at radius 3 is 2.72 bits per heavy atom. The number of pyridine rings is 1. The predicted molar refractivity (Wildman–Crippen MR) is 75.3 cm³/mol. The van der Waals surface area contributed by atoms with Crippen molar-refractivity contribution in [3.8, 4) is 5.75 Å². The zero-order valence-electron chi connectivity index (χ0n) is 9.37. The van der Waals surface area contributed by atoms with Crippen LogP contribution in [0.25, 0.3) is 0 Å². The van der Waals surface area contributed by atoms with Crippen LogP contribution in [0.2, 0.25) is 0 Å². The molecular formula is C13H10Br2FNO. The number of halogens is 3. The minimum Gasteiger partial charge on any atom is -0.484 e. The van der Waals surface area contributed by atoms with E-state index in [0.29, 0.717) is 5.33 Å². The van der Waals surface area contributed by atoms with Crippen molar-refractivity contribution in [1.82, 2.24) is 4.98 Å². The van der Waals surface area contributed by atoms with Crippen molar-refractivity contribution < 1.29 is 9.13 Å². The second kappa shape index (κ2) is 6.29. The molecule has 94 valence electrons. The van der Waals surface area contributed by atoms with Crippen LogP contribution in [0.3, 0.4) is 0 Å². The van der Waals surface area contributed by atoms with Gasteiger partial charge in [0.15, 0.2) is 11.6 Å². The lowest BCUT2D eigenvalue weighted by molar-refractivity contribution is 0.283. The Morgan fingerprint density at radius 2 is 2.06 bits per heavy atom. The van der Waals surface area contributed by atoms with Gasteiger partial charge < -0.3 is 4.74 Å². The summed E-state index contributed by atoms with van der Waals surface area (Å²) in [5, 5.41) is 0.549. The first kappa shape index (κ1) is 13.5. The minimum absolute atomic E-state index is 0.244. The van der Waals surface area contributed by atoms with Gasteiger partial charge in [0, 0.05) is 21.6 Å². The van der Waals surface area contributed by atoms with Crippen LogP contribution in [0, 0.1) is 5.82 Å². The minimum atomic E-state index is -0.357. The Balaban J connectivity index is 2.12. The first-order valence-electron chi connectivity index (χ1n) is 5.27. The summed E-state index contributed by atoms with van der Waals surface area (Å²) >= 11 is 6.62. The van der Waals surface area contributed by atoms with Crippen molar-refractivity contribution in [2.24, 2.45) is 0 Å². The molecule has 2 rings (SSSR count). The summed E-state index contributed by atoms with van der Waals surface area (Å²) < 4.78 is 20.0. The third-order valence-corrected chi connectivity index (χ3v) is 3.42. The predicted octanol–water partition coefficient (Wildman–Crippen LogP) is 4.46. The fraction of sp³-hybridized carbons (Fsp3) is 0.154. The molecule has 1 aromatic carbocycles. The van der Waals surface area contributed by atoms with Crippen molar-refractivity contribution in [3.63, 3.8) is 0 Å². The summed E-state index contributed by atoms with van der Waals surface area (Å²) in [6.45, 7) is 0.244. The van der Waals surface area contributed by atoms with Crippen LogP contribution in [-0.2, 0) is 11.9 Å². The van der Waals surface area contributed by atoms with E-state index >= 15 is 0 Å². The van der Waals surface area contributed by atoms with Crippen molar-refractivity contribution in [3.05, 3.63) is 58.1 Å². The van der Waals surface area contributed by atoms with Crippen LogP contribution >= 0.6 is 31.9 Å². The summed E-state index contributed by atoms with van der Waals surface area (Å²) in [6.07, 6.45) is 1.69. The molecule has 0 bridgehead atoms. The molecule has 0 amide bonds. The lowest BCUT2D eigenvalue weighted by atomic mass is 10.2. The SMILES string of the molecule is Fc1cccc(CBr)c1OCc1ccc(Br)cn1. The molecule has 0 unspecified atom stereocenters. The molecule has 0 aliphatic carbocycles. The van der Waals surface area contributed by atoms with E-state index in [4.69, 9.17) is 4.74 Å². The van der Waals surface area contributed by atoms with E-state index in [0.717, 1.165) is 15.7 Å². The average molecular weight is 375 g/mol. The summed E-state index contributed by atoms with van der Waals surface area (Å²) in [5.41, 5.74) is 1.54. The second-order valence-corrected chi connectivity index (χ2v) is 5.09. The number of para-hydroxylation sites is 1. The topological polar surface area (TPSA) is 22.1 Å². The molecule has 0 spiro atoms. The zero-order valence-corrected chi connectivity index (χ0v) is 12.5. The number of hydrogen-bond acceptors (Lipinski definition) is 2. The molecule has 0 N–H and O–H groups in total. The lowest BCUT2D eigenvalue weighted by Crippen LogP contribution is -2.01. The molecular weight excluding hydrogens is 365 g/mol. The molecule has 2 aromatic rings. The molecule has 5 heteroatoms. The van der Waals surface area contributed by atoms with E-state index in [-0.39, 0.29) is 18.2 Å². The summed E-state index contributed by atoms with van der Waals surface area (Å²) in [4.78, 5) is 4.17. The van der Waals surface area contributed by atoms with Crippen LogP contribution in [0.15, 0.2) is 41.0 Å². The van der Waals surface area contributed by atoms with Gasteiger partial charge in [0.1, 0.15) is 6.61 Å². The molecule has 1 aromatic heterocycles. The van der Waals surface area contributed by atoms with Gasteiger partial charge in [0.2, 0.25) is 0 Å². The number of rotatable bonds is 4. The highest BCUT2D eigenvalue weighted by atomic mass is 79.9. The van der Waals surface area contributed by atoms with E-state index in [1.807, 2.05) is 18.2 Å². The Labute approximate surface area is 121 Å². The van der Waals surface area contributed by atoms with Gasteiger partial charge in [-0.15, -0.1) is 0 Å². The van der Waals surface area contributed by atoms with Gasteiger partial charge in [-0.25, -0.2) is 4.39 Å². The molecule has 0 radical (unpaired) electrons. The Morgan fingerprint density at radius 1 is 1.22 bits per heavy atom. The van der Waals surface area contributed by atoms with E-state index in [2.05, 4.69) is 36.8 Å². The molecule has 18 heavy (non-hydrogen) atoms. The Hall–Kier alpha value is -0.940. The zero-order chi connectivity index (χ0) is 13.0. The molecule has 0 saturated heterocycles. The number of benzene rings is 1.